The van der Waals surface area contributed by atoms with Gasteiger partial charge in [0.15, 0.2) is 6.29 Å². The minimum Gasteiger partial charge on any atom is -0.402 e. The van der Waals surface area contributed by atoms with Crippen LogP contribution in [-0.4, -0.2) is 30.9 Å². The molecule has 0 aliphatic heterocycles. The predicted octanol–water partition coefficient (Wildman–Crippen LogP) is 0.767. The lowest BCUT2D eigenvalue weighted by Gasteiger charge is -2.04. The maximum absolute atomic E-state index is 13.4. The van der Waals surface area contributed by atoms with Gasteiger partial charge in [-0.2, -0.15) is 5.10 Å². The molecular formula is C11H17FIN5O. The van der Waals surface area contributed by atoms with Crippen LogP contribution >= 0.6 is 22.6 Å². The van der Waals surface area contributed by atoms with Gasteiger partial charge in [-0.05, 0) is 47.6 Å². The lowest BCUT2D eigenvalue weighted by atomic mass is 10.1. The number of alkyl halides is 1. The van der Waals surface area contributed by atoms with Gasteiger partial charge < -0.3 is 17.3 Å². The fourth-order valence-corrected chi connectivity index (χ4v) is 1.22. The molecule has 6 nitrogen and oxygen atoms in total. The number of carbonyl (C=O) groups is 1. The fourth-order valence-electron chi connectivity index (χ4n) is 1.04. The molecule has 19 heavy (non-hydrogen) atoms. The highest BCUT2D eigenvalue weighted by Gasteiger charge is 2.05. The quantitative estimate of drug-likeness (QED) is 0.109. The van der Waals surface area contributed by atoms with E-state index in [0.29, 0.717) is 22.1 Å². The van der Waals surface area contributed by atoms with Crippen LogP contribution in [0.1, 0.15) is 12.8 Å². The molecular weight excluding hydrogens is 364 g/mol. The molecule has 0 spiro atoms. The van der Waals surface area contributed by atoms with Crippen molar-refractivity contribution in [3.8, 4) is 0 Å². The number of nitrogens with zero attached hydrogens (tertiary/aromatic N) is 2. The van der Waals surface area contributed by atoms with Gasteiger partial charge in [-0.15, -0.1) is 0 Å². The zero-order valence-corrected chi connectivity index (χ0v) is 12.5. The van der Waals surface area contributed by atoms with E-state index < -0.39 is 6.17 Å². The van der Waals surface area contributed by atoms with Crippen molar-refractivity contribution < 1.29 is 9.18 Å². The van der Waals surface area contributed by atoms with Gasteiger partial charge in [-0.3, -0.25) is 9.79 Å². The summed E-state index contributed by atoms with van der Waals surface area (Å²) in [6.07, 6.45) is 4.37. The van der Waals surface area contributed by atoms with E-state index in [-0.39, 0.29) is 18.7 Å². The predicted molar refractivity (Wildman–Crippen MR) is 83.7 cm³/mol. The Morgan fingerprint density at radius 2 is 2.05 bits per heavy atom. The molecule has 0 saturated heterocycles. The summed E-state index contributed by atoms with van der Waals surface area (Å²) >= 11 is 1.94. The lowest BCUT2D eigenvalue weighted by Crippen LogP contribution is -2.10. The van der Waals surface area contributed by atoms with Crippen LogP contribution in [0, 0.1) is 0 Å². The Kier molecular flexibility index (Phi) is 9.67. The van der Waals surface area contributed by atoms with E-state index in [2.05, 4.69) is 10.1 Å². The van der Waals surface area contributed by atoms with E-state index in [4.69, 9.17) is 17.3 Å². The third-order valence-electron chi connectivity index (χ3n) is 2.00. The molecule has 0 radical (unpaired) electrons. The topological polar surface area (TPSA) is 120 Å². The van der Waals surface area contributed by atoms with Crippen LogP contribution < -0.4 is 17.3 Å². The number of aliphatic imine (C=N–C) groups is 1. The molecule has 1 unspecified atom stereocenters. The van der Waals surface area contributed by atoms with Crippen LogP contribution in [0.3, 0.4) is 0 Å². The second-order valence-corrected chi connectivity index (χ2v) is 4.84. The highest BCUT2D eigenvalue weighted by atomic mass is 127. The van der Waals surface area contributed by atoms with Gasteiger partial charge in [-0.25, -0.2) is 4.39 Å². The molecule has 106 valence electrons. The molecule has 0 aromatic rings. The van der Waals surface area contributed by atoms with E-state index in [1.54, 1.807) is 12.2 Å². The van der Waals surface area contributed by atoms with E-state index in [9.17, 15) is 9.18 Å². The summed E-state index contributed by atoms with van der Waals surface area (Å²) in [5, 5.41) is 3.15. The summed E-state index contributed by atoms with van der Waals surface area (Å²) < 4.78 is 14.0. The van der Waals surface area contributed by atoms with Crippen molar-refractivity contribution in [2.75, 3.05) is 6.54 Å². The highest BCUT2D eigenvalue weighted by molar-refractivity contribution is 14.1. The van der Waals surface area contributed by atoms with Gasteiger partial charge in [-0.1, -0.05) is 0 Å². The van der Waals surface area contributed by atoms with Crippen LogP contribution in [0.15, 0.2) is 31.6 Å². The second kappa shape index (κ2) is 10.5. The van der Waals surface area contributed by atoms with Gasteiger partial charge in [0, 0.05) is 5.70 Å². The van der Waals surface area contributed by atoms with Gasteiger partial charge in [0.05, 0.1) is 16.5 Å². The summed E-state index contributed by atoms with van der Waals surface area (Å²) in [6, 6.07) is 0. The first-order valence-electron chi connectivity index (χ1n) is 5.43. The summed E-state index contributed by atoms with van der Waals surface area (Å²) in [5.74, 6) is 4.89. The Bertz CT molecular complexity index is 402. The van der Waals surface area contributed by atoms with Crippen molar-refractivity contribution in [1.82, 2.24) is 0 Å². The molecule has 0 aromatic heterocycles. The molecule has 0 aromatic carbocycles. The maximum atomic E-state index is 13.4. The Balaban J connectivity index is 4.06. The van der Waals surface area contributed by atoms with Crippen LogP contribution in [0.2, 0.25) is 0 Å². The summed E-state index contributed by atoms with van der Waals surface area (Å²) in [4.78, 5) is 14.0. The number of rotatable bonds is 8. The minimum atomic E-state index is -1.14. The van der Waals surface area contributed by atoms with Crippen LogP contribution in [0.25, 0.3) is 0 Å². The average molecular weight is 381 g/mol. The summed E-state index contributed by atoms with van der Waals surface area (Å²) in [7, 11) is 0. The third kappa shape index (κ3) is 10.2. The van der Waals surface area contributed by atoms with Crippen LogP contribution in [0.5, 0.6) is 0 Å². The molecule has 0 heterocycles. The lowest BCUT2D eigenvalue weighted by molar-refractivity contribution is -0.102. The van der Waals surface area contributed by atoms with Crippen LogP contribution in [0.4, 0.5) is 4.39 Å². The van der Waals surface area contributed by atoms with Gasteiger partial charge in [0.2, 0.25) is 0 Å². The van der Waals surface area contributed by atoms with E-state index >= 15 is 0 Å². The second-order valence-electron chi connectivity index (χ2n) is 3.60. The number of nitrogens with two attached hydrogens (primary N) is 3. The largest absolute Gasteiger partial charge is 0.402 e. The molecule has 6 N–H and O–H groups in total. The number of aldehydes is 1. The molecule has 0 fully saturated rings. The number of hydrogen-bond donors (Lipinski definition) is 3. The first kappa shape index (κ1) is 17.6. The van der Waals surface area contributed by atoms with Crippen molar-refractivity contribution in [2.45, 2.75) is 19.0 Å². The van der Waals surface area contributed by atoms with E-state index in [1.165, 1.54) is 0 Å². The minimum absolute atomic E-state index is 0.0331. The average Bonchev–Trinajstić information content (AvgIpc) is 2.39. The van der Waals surface area contributed by atoms with Crippen molar-refractivity contribution in [1.29, 1.82) is 0 Å². The molecule has 0 saturated carbocycles. The highest BCUT2D eigenvalue weighted by Crippen LogP contribution is 2.07. The third-order valence-corrected chi connectivity index (χ3v) is 2.36. The molecule has 0 bridgehead atoms. The maximum Gasteiger partial charge on any atom is 0.171 e. The Labute approximate surface area is 124 Å². The zero-order valence-electron chi connectivity index (χ0n) is 10.3. The first-order valence-corrected chi connectivity index (χ1v) is 6.51. The van der Waals surface area contributed by atoms with Gasteiger partial charge in [0.25, 0.3) is 0 Å². The van der Waals surface area contributed by atoms with Gasteiger partial charge in [0.1, 0.15) is 11.9 Å². The number of allylic oxidation sites excluding steroid dienone is 3. The first-order chi connectivity index (χ1) is 8.99. The Morgan fingerprint density at radius 1 is 1.37 bits per heavy atom. The molecule has 0 aliphatic carbocycles. The van der Waals surface area contributed by atoms with E-state index in [0.717, 1.165) is 6.21 Å². The van der Waals surface area contributed by atoms with Gasteiger partial charge >= 0.3 is 0 Å². The number of hydrazone groups is 1. The van der Waals surface area contributed by atoms with Crippen LogP contribution in [-0.2, 0) is 4.79 Å². The monoisotopic (exact) mass is 381 g/mol. The zero-order chi connectivity index (χ0) is 14.7. The standard InChI is InChI=1S/C11H17FIN5O/c12-8(5-17-6-10(7-19)18-16)1-2-9(14)3-4-11(13)15/h3-4,6-8H,1-2,5,14-16H2/b9-3-,11-4-,17-6?,18-10?. The van der Waals surface area contributed by atoms with Crippen molar-refractivity contribution >= 4 is 40.8 Å². The molecule has 0 amide bonds. The Hall–Kier alpha value is -1.45. The number of carbonyl (C=O) groups excluding carboxylic acids is 1. The Morgan fingerprint density at radius 3 is 2.58 bits per heavy atom. The fraction of sp³-hybridized carbons (Fsp3) is 0.364. The number of halogens is 2. The summed E-state index contributed by atoms with van der Waals surface area (Å²) in [5.41, 5.74) is 11.6. The number of hydrogen-bond acceptors (Lipinski definition) is 6. The van der Waals surface area contributed by atoms with E-state index in [1.807, 2.05) is 22.6 Å². The molecule has 8 heteroatoms. The van der Waals surface area contributed by atoms with Crippen molar-refractivity contribution in [2.24, 2.45) is 27.4 Å². The summed E-state index contributed by atoms with van der Waals surface area (Å²) in [6.45, 7) is -0.0651. The smallest absolute Gasteiger partial charge is 0.171 e. The van der Waals surface area contributed by atoms with Crippen molar-refractivity contribution in [3.63, 3.8) is 0 Å². The molecule has 0 rings (SSSR count). The SMILES string of the molecule is NN=C(C=O)C=NCC(F)CC/C(N)=C/C=C(\N)I. The molecule has 0 aliphatic rings. The molecule has 1 atom stereocenters. The van der Waals surface area contributed by atoms with Crippen molar-refractivity contribution in [3.05, 3.63) is 21.6 Å². The normalized spacial score (nSPS) is 15.8.